The third-order valence-corrected chi connectivity index (χ3v) is 2.99. The number of nitrogens with one attached hydrogen (secondary N) is 1. The minimum Gasteiger partial charge on any atom is -0.480 e. The normalized spacial score (nSPS) is 12.5. The van der Waals surface area contributed by atoms with Crippen molar-refractivity contribution in [2.75, 3.05) is 11.5 Å². The third-order valence-electron chi connectivity index (χ3n) is 1.83. The molecule has 0 bridgehead atoms. The molecule has 2 N–H and O–H groups in total. The number of amides is 1. The van der Waals surface area contributed by atoms with Gasteiger partial charge in [-0.2, -0.15) is 11.8 Å². The number of carboxylic acids is 1. The first kappa shape index (κ1) is 14.3. The van der Waals surface area contributed by atoms with E-state index >= 15 is 0 Å². The van der Waals surface area contributed by atoms with E-state index in [0.717, 1.165) is 12.2 Å². The van der Waals surface area contributed by atoms with Crippen LogP contribution in [0.25, 0.3) is 0 Å². The molecule has 88 valence electrons. The smallest absolute Gasteiger partial charge is 0.326 e. The van der Waals surface area contributed by atoms with Gasteiger partial charge in [-0.1, -0.05) is 20.8 Å². The molecule has 1 atom stereocenters. The Kier molecular flexibility index (Phi) is 7.21. The maximum Gasteiger partial charge on any atom is 0.326 e. The quantitative estimate of drug-likeness (QED) is 0.651. The molecule has 0 unspecified atom stereocenters. The van der Waals surface area contributed by atoms with Crippen molar-refractivity contribution in [3.8, 4) is 0 Å². The molecule has 4 nitrogen and oxygen atoms in total. The summed E-state index contributed by atoms with van der Waals surface area (Å²) in [5, 5.41) is 11.4. The first-order valence-electron chi connectivity index (χ1n) is 5.09. The van der Waals surface area contributed by atoms with Crippen molar-refractivity contribution in [1.82, 2.24) is 5.32 Å². The maximum atomic E-state index is 11.3. The van der Waals surface area contributed by atoms with Gasteiger partial charge in [-0.05, 0) is 18.1 Å². The zero-order valence-corrected chi connectivity index (χ0v) is 10.3. The van der Waals surface area contributed by atoms with E-state index in [1.807, 2.05) is 6.92 Å². The molecule has 0 spiro atoms. The zero-order chi connectivity index (χ0) is 11.8. The van der Waals surface area contributed by atoms with Gasteiger partial charge in [0, 0.05) is 0 Å². The van der Waals surface area contributed by atoms with E-state index in [1.54, 1.807) is 13.8 Å². The first-order valence-corrected chi connectivity index (χ1v) is 6.24. The Morgan fingerprint density at radius 1 is 1.40 bits per heavy atom. The van der Waals surface area contributed by atoms with Crippen LogP contribution in [-0.2, 0) is 9.59 Å². The second-order valence-electron chi connectivity index (χ2n) is 3.68. The van der Waals surface area contributed by atoms with E-state index in [0.29, 0.717) is 5.75 Å². The molecule has 0 aromatic carbocycles. The summed E-state index contributed by atoms with van der Waals surface area (Å²) in [6.07, 6.45) is 1.02. The van der Waals surface area contributed by atoms with Gasteiger partial charge in [-0.25, -0.2) is 4.79 Å². The molecule has 0 aliphatic rings. The van der Waals surface area contributed by atoms with Gasteiger partial charge in [0.15, 0.2) is 0 Å². The molecule has 0 rings (SSSR count). The molecule has 0 radical (unpaired) electrons. The molecule has 0 fully saturated rings. The van der Waals surface area contributed by atoms with Gasteiger partial charge in [0.2, 0.25) is 5.91 Å². The molecule has 0 saturated carbocycles. The Labute approximate surface area is 94.8 Å². The summed E-state index contributed by atoms with van der Waals surface area (Å²) >= 11 is 1.52. The van der Waals surface area contributed by atoms with Crippen LogP contribution in [-0.4, -0.2) is 34.5 Å². The van der Waals surface area contributed by atoms with Crippen LogP contribution >= 0.6 is 11.8 Å². The number of thioether (sulfide) groups is 1. The molecule has 0 aliphatic carbocycles. The lowest BCUT2D eigenvalue weighted by Crippen LogP contribution is -2.45. The SMILES string of the molecule is CCCSCC(=O)N[C@@H](C(=O)O)C(C)C. The predicted octanol–water partition coefficient (Wildman–Crippen LogP) is 1.35. The molecule has 15 heavy (non-hydrogen) atoms. The Morgan fingerprint density at radius 3 is 2.40 bits per heavy atom. The lowest BCUT2D eigenvalue weighted by Gasteiger charge is -2.17. The van der Waals surface area contributed by atoms with Gasteiger partial charge in [0.05, 0.1) is 5.75 Å². The highest BCUT2D eigenvalue weighted by Crippen LogP contribution is 2.04. The van der Waals surface area contributed by atoms with Crippen LogP contribution in [0.1, 0.15) is 27.2 Å². The highest BCUT2D eigenvalue weighted by molar-refractivity contribution is 7.99. The van der Waals surface area contributed by atoms with Crippen LogP contribution < -0.4 is 5.32 Å². The summed E-state index contributed by atoms with van der Waals surface area (Å²) in [4.78, 5) is 22.1. The van der Waals surface area contributed by atoms with Crippen molar-refractivity contribution in [3.05, 3.63) is 0 Å². The molecule has 0 aliphatic heterocycles. The van der Waals surface area contributed by atoms with E-state index < -0.39 is 12.0 Å². The average Bonchev–Trinajstić information content (AvgIpc) is 2.13. The number of hydrogen-bond acceptors (Lipinski definition) is 3. The highest BCUT2D eigenvalue weighted by Gasteiger charge is 2.22. The minimum atomic E-state index is -0.973. The van der Waals surface area contributed by atoms with Crippen LogP contribution in [0.3, 0.4) is 0 Å². The van der Waals surface area contributed by atoms with Gasteiger partial charge >= 0.3 is 5.97 Å². The summed E-state index contributed by atoms with van der Waals surface area (Å²) in [6, 6.07) is -0.778. The van der Waals surface area contributed by atoms with Gasteiger partial charge in [-0.15, -0.1) is 0 Å². The van der Waals surface area contributed by atoms with Crippen molar-refractivity contribution in [2.45, 2.75) is 33.2 Å². The fourth-order valence-corrected chi connectivity index (χ4v) is 1.74. The predicted molar refractivity (Wildman–Crippen MR) is 62.0 cm³/mol. The second-order valence-corrected chi connectivity index (χ2v) is 4.79. The Balaban J connectivity index is 3.95. The van der Waals surface area contributed by atoms with E-state index in [9.17, 15) is 9.59 Å². The van der Waals surface area contributed by atoms with Crippen molar-refractivity contribution in [2.24, 2.45) is 5.92 Å². The lowest BCUT2D eigenvalue weighted by molar-refractivity contribution is -0.142. The molecule has 0 saturated heterocycles. The van der Waals surface area contributed by atoms with Gasteiger partial charge in [-0.3, -0.25) is 4.79 Å². The van der Waals surface area contributed by atoms with E-state index in [-0.39, 0.29) is 11.8 Å². The molecule has 1 amide bonds. The van der Waals surface area contributed by atoms with E-state index in [1.165, 1.54) is 11.8 Å². The molecule has 0 aromatic rings. The van der Waals surface area contributed by atoms with E-state index in [2.05, 4.69) is 5.32 Å². The topological polar surface area (TPSA) is 66.4 Å². The molecule has 5 heteroatoms. The van der Waals surface area contributed by atoms with Gasteiger partial charge < -0.3 is 10.4 Å². The standard InChI is InChI=1S/C10H19NO3S/c1-4-5-15-6-8(12)11-9(7(2)3)10(13)14/h7,9H,4-6H2,1-3H3,(H,11,12)(H,13,14)/t9-/m1/s1. The van der Waals surface area contributed by atoms with E-state index in [4.69, 9.17) is 5.11 Å². The summed E-state index contributed by atoms with van der Waals surface area (Å²) in [6.45, 7) is 5.59. The maximum absolute atomic E-state index is 11.3. The fourth-order valence-electron chi connectivity index (χ4n) is 1.04. The van der Waals surface area contributed by atoms with Crippen molar-refractivity contribution >= 4 is 23.6 Å². The van der Waals surface area contributed by atoms with Crippen molar-refractivity contribution in [1.29, 1.82) is 0 Å². The van der Waals surface area contributed by atoms with Crippen LogP contribution in [0.5, 0.6) is 0 Å². The first-order chi connectivity index (χ1) is 6.99. The number of rotatable bonds is 7. The Bertz CT molecular complexity index is 219. The number of aliphatic carboxylic acids is 1. The molecule has 0 aromatic heterocycles. The van der Waals surface area contributed by atoms with Crippen LogP contribution in [0, 0.1) is 5.92 Å². The molecular formula is C10H19NO3S. The number of hydrogen-bond donors (Lipinski definition) is 2. The Hall–Kier alpha value is -0.710. The summed E-state index contributed by atoms with van der Waals surface area (Å²) in [7, 11) is 0. The minimum absolute atomic E-state index is 0.0948. The number of carbonyl (C=O) groups excluding carboxylic acids is 1. The fraction of sp³-hybridized carbons (Fsp3) is 0.800. The largest absolute Gasteiger partial charge is 0.480 e. The second kappa shape index (κ2) is 7.56. The van der Waals surface area contributed by atoms with Crippen LogP contribution in [0.4, 0.5) is 0 Å². The molecular weight excluding hydrogens is 214 g/mol. The number of carboxylic acid groups (broad SMARTS) is 1. The third kappa shape index (κ3) is 6.38. The zero-order valence-electron chi connectivity index (χ0n) is 9.45. The monoisotopic (exact) mass is 233 g/mol. The summed E-state index contributed by atoms with van der Waals surface area (Å²) in [5.41, 5.74) is 0. The van der Waals surface area contributed by atoms with Crippen LogP contribution in [0.15, 0.2) is 0 Å². The summed E-state index contributed by atoms with van der Waals surface area (Å²) < 4.78 is 0. The number of carbonyl (C=O) groups is 2. The van der Waals surface area contributed by atoms with Gasteiger partial charge in [0.25, 0.3) is 0 Å². The average molecular weight is 233 g/mol. The summed E-state index contributed by atoms with van der Waals surface area (Å²) in [5.74, 6) is -0.00649. The molecule has 0 heterocycles. The van der Waals surface area contributed by atoms with Gasteiger partial charge in [0.1, 0.15) is 6.04 Å². The Morgan fingerprint density at radius 2 is 2.00 bits per heavy atom. The van der Waals surface area contributed by atoms with Crippen molar-refractivity contribution < 1.29 is 14.7 Å². The van der Waals surface area contributed by atoms with Crippen LogP contribution in [0.2, 0.25) is 0 Å². The highest BCUT2D eigenvalue weighted by atomic mass is 32.2. The lowest BCUT2D eigenvalue weighted by atomic mass is 10.1. The van der Waals surface area contributed by atoms with Crippen molar-refractivity contribution in [3.63, 3.8) is 0 Å².